The average molecular weight is 844 g/mol. The minimum absolute atomic E-state index is 0.207. The molecule has 0 bridgehead atoms. The number of carbonyl (C=O) groups is 3. The summed E-state index contributed by atoms with van der Waals surface area (Å²) >= 11 is 0. The molecule has 3 saturated carbocycles. The predicted molar refractivity (Wildman–Crippen MR) is 247 cm³/mol. The fraction of sp³-hybridized carbons (Fsp3) is 0.574. The molecule has 9 rings (SSSR count). The second kappa shape index (κ2) is 20.2. The van der Waals surface area contributed by atoms with Crippen molar-refractivity contribution < 1.29 is 24.6 Å². The number of fused-ring (bicyclic) bond motifs is 5. The first-order valence-corrected chi connectivity index (χ1v) is 24.0. The van der Waals surface area contributed by atoms with Gasteiger partial charge in [-0.15, -0.1) is 0 Å². The number of benzene rings is 3. The van der Waals surface area contributed by atoms with Crippen molar-refractivity contribution in [3.63, 3.8) is 0 Å². The average Bonchev–Trinajstić information content (AvgIpc) is 3.59. The van der Waals surface area contributed by atoms with Crippen LogP contribution in [0.4, 0.5) is 0 Å². The fourth-order valence-electron chi connectivity index (χ4n) is 13.0. The summed E-state index contributed by atoms with van der Waals surface area (Å²) in [6.07, 6.45) is 20.0. The fourth-order valence-corrected chi connectivity index (χ4v) is 13.0. The van der Waals surface area contributed by atoms with Gasteiger partial charge in [0.2, 0.25) is 11.8 Å². The minimum atomic E-state index is -1.07. The van der Waals surface area contributed by atoms with Crippen LogP contribution < -0.4 is 10.6 Å². The van der Waals surface area contributed by atoms with Gasteiger partial charge in [-0.25, -0.2) is 0 Å². The van der Waals surface area contributed by atoms with Gasteiger partial charge in [0.05, 0.1) is 18.4 Å². The molecule has 0 spiro atoms. The van der Waals surface area contributed by atoms with Gasteiger partial charge in [0.25, 0.3) is 0 Å². The lowest BCUT2D eigenvalue weighted by molar-refractivity contribution is -0.141. The summed E-state index contributed by atoms with van der Waals surface area (Å²) in [4.78, 5) is 38.8. The van der Waals surface area contributed by atoms with Crippen molar-refractivity contribution >= 4 is 17.6 Å². The number of allylic oxidation sites excluding steroid dienone is 2. The van der Waals surface area contributed by atoms with Crippen LogP contribution in [0.2, 0.25) is 0 Å². The quantitative estimate of drug-likeness (QED) is 0.0968. The van der Waals surface area contributed by atoms with E-state index in [0.717, 1.165) is 78.9 Å². The molecule has 0 radical (unpaired) electrons. The third-order valence-electron chi connectivity index (χ3n) is 16.8. The summed E-state index contributed by atoms with van der Waals surface area (Å²) in [6.45, 7) is 6.68. The van der Waals surface area contributed by atoms with Gasteiger partial charge in [0.15, 0.2) is 11.2 Å². The van der Waals surface area contributed by atoms with E-state index < -0.39 is 11.5 Å². The predicted octanol–water partition coefficient (Wildman–Crippen LogP) is 9.86. The molecule has 2 aliphatic heterocycles. The second-order valence-corrected chi connectivity index (χ2v) is 19.5. The Morgan fingerprint density at radius 1 is 0.774 bits per heavy atom. The van der Waals surface area contributed by atoms with Gasteiger partial charge in [-0.05, 0) is 137 Å². The number of aliphatic hydroxyl groups excluding tert-OH is 1. The van der Waals surface area contributed by atoms with Crippen LogP contribution in [-0.2, 0) is 15.0 Å². The molecule has 4 N–H and O–H groups in total. The van der Waals surface area contributed by atoms with E-state index in [1.54, 1.807) is 0 Å². The van der Waals surface area contributed by atoms with E-state index in [1.165, 1.54) is 51.4 Å². The van der Waals surface area contributed by atoms with Crippen LogP contribution >= 0.6 is 0 Å². The van der Waals surface area contributed by atoms with Crippen molar-refractivity contribution in [1.82, 2.24) is 15.5 Å². The Kier molecular flexibility index (Phi) is 14.9. The number of Topliss-reactive ketones (excluding diaryl/α,β-unsaturated/α-hetero) is 1. The van der Waals surface area contributed by atoms with Crippen molar-refractivity contribution in [3.05, 3.63) is 119 Å². The molecule has 5 fully saturated rings. The number of nitrogens with one attached hydrogen (secondary N) is 2. The van der Waals surface area contributed by atoms with Crippen LogP contribution in [0, 0.1) is 29.1 Å². The number of likely N-dealkylation sites (tertiary alicyclic amines) is 1. The molecule has 62 heavy (non-hydrogen) atoms. The summed E-state index contributed by atoms with van der Waals surface area (Å²) in [5.74, 6) is 3.34. The molecular formula is C54H73N3O5. The first kappa shape index (κ1) is 45.9. The molecular weight excluding hydrogens is 771 g/mol. The molecule has 3 aromatic rings. The number of hydrogen-bond donors (Lipinski definition) is 4. The topological polar surface area (TPSA) is 119 Å². The van der Waals surface area contributed by atoms with Crippen molar-refractivity contribution in [2.75, 3.05) is 13.7 Å². The number of rotatable bonds is 9. The minimum Gasteiger partial charge on any atom is -0.389 e. The van der Waals surface area contributed by atoms with Gasteiger partial charge in [0.1, 0.15) is 0 Å². The lowest BCUT2D eigenvalue weighted by Gasteiger charge is -2.55. The highest BCUT2D eigenvalue weighted by Gasteiger charge is 2.61. The molecule has 3 aromatic carbocycles. The molecule has 8 heteroatoms. The molecule has 9 atom stereocenters. The van der Waals surface area contributed by atoms with Crippen LogP contribution in [0.15, 0.2) is 103 Å². The van der Waals surface area contributed by atoms with Crippen molar-refractivity contribution in [3.8, 4) is 0 Å². The summed E-state index contributed by atoms with van der Waals surface area (Å²) in [5, 5.41) is 27.1. The Labute approximate surface area is 371 Å². The maximum Gasteiger partial charge on any atom is 0.241 e. The lowest BCUT2D eigenvalue weighted by atomic mass is 9.50. The maximum absolute atomic E-state index is 12.5. The Morgan fingerprint density at radius 3 is 2.08 bits per heavy atom. The van der Waals surface area contributed by atoms with Gasteiger partial charge in [-0.3, -0.25) is 19.3 Å². The molecule has 334 valence electrons. The van der Waals surface area contributed by atoms with Crippen LogP contribution in [-0.4, -0.2) is 64.1 Å². The van der Waals surface area contributed by atoms with Crippen molar-refractivity contribution in [2.24, 2.45) is 29.1 Å². The van der Waals surface area contributed by atoms with E-state index >= 15 is 0 Å². The third kappa shape index (κ3) is 9.25. The summed E-state index contributed by atoms with van der Waals surface area (Å²) in [7, 11) is 2.10. The van der Waals surface area contributed by atoms with Crippen molar-refractivity contribution in [1.29, 1.82) is 0 Å². The van der Waals surface area contributed by atoms with E-state index in [1.807, 2.05) is 103 Å². The molecule has 4 aliphatic carbocycles. The number of nitrogens with zero attached hydrogens (tertiary/aromatic N) is 1. The molecule has 2 saturated heterocycles. The first-order valence-electron chi connectivity index (χ1n) is 24.0. The van der Waals surface area contributed by atoms with Gasteiger partial charge < -0.3 is 20.8 Å². The Morgan fingerprint density at radius 2 is 1.42 bits per heavy atom. The normalized spacial score (nSPS) is 31.7. The first-order chi connectivity index (χ1) is 30.0. The Balaban J connectivity index is 0.000000143. The summed E-state index contributed by atoms with van der Waals surface area (Å²) in [5.41, 5.74) is 3.09. The van der Waals surface area contributed by atoms with E-state index in [0.29, 0.717) is 18.9 Å². The van der Waals surface area contributed by atoms with E-state index in [-0.39, 0.29) is 41.3 Å². The number of piperidine rings is 1. The van der Waals surface area contributed by atoms with Crippen LogP contribution in [0.5, 0.6) is 0 Å². The SMILES string of the molecule is CCC1(c2ccccc2)C(=O)NCNC1=O.CC[C@]1(O)CC[C@H]2[C@@H]3CCC4=CCCC[C@@H]4[C@H]3CC[C@@]21C.CN1[C@@H](CC(=O)c2ccccc2)CCC[C@H]1C[C@H](O)c1ccccc1. The number of carbonyl (C=O) groups excluding carboxylic acids is 3. The Hall–Kier alpha value is -4.11. The van der Waals surface area contributed by atoms with E-state index in [9.17, 15) is 24.6 Å². The number of aliphatic hydroxyl groups is 2. The van der Waals surface area contributed by atoms with E-state index in [2.05, 4.69) is 42.5 Å². The molecule has 0 unspecified atom stereocenters. The Bertz CT molecular complexity index is 1970. The van der Waals surface area contributed by atoms with E-state index in [4.69, 9.17) is 0 Å². The molecule has 2 heterocycles. The van der Waals surface area contributed by atoms with Gasteiger partial charge in [-0.2, -0.15) is 0 Å². The largest absolute Gasteiger partial charge is 0.389 e. The lowest BCUT2D eigenvalue weighted by Crippen LogP contribution is -2.62. The number of amides is 2. The standard InChI is InChI=1S/C22H27NO2.C20H32O.C12H14N2O2/c1-23-19(15-21(24)17-9-4-2-5-10-17)13-8-14-20(23)16-22(25)18-11-6-3-7-12-18;1-3-20(21)13-11-18-17-9-8-14-6-4-5-7-15(14)16(17)10-12-19(18,20)2;1-2-12(9-6-4-3-5-7-9)10(15)13-8-14-11(12)16/h2-7,9-12,19-21,24H,8,13-16H2,1H3;6,15-18,21H,3-5,7-13H2,1-2H3;3-7H,2,8H2,1H3,(H,13,15)(H,14,16)/t19-,20+,21-;15-,16+,17+,18-,19-,20-;/m00./s1. The highest BCUT2D eigenvalue weighted by atomic mass is 16.3. The van der Waals surface area contributed by atoms with Crippen LogP contribution in [0.25, 0.3) is 0 Å². The molecule has 0 aromatic heterocycles. The van der Waals surface area contributed by atoms with Crippen LogP contribution in [0.1, 0.15) is 151 Å². The monoisotopic (exact) mass is 844 g/mol. The smallest absolute Gasteiger partial charge is 0.241 e. The zero-order chi connectivity index (χ0) is 43.9. The molecule has 2 amide bonds. The summed E-state index contributed by atoms with van der Waals surface area (Å²) < 4.78 is 0. The highest BCUT2D eigenvalue weighted by Crippen LogP contribution is 2.65. The summed E-state index contributed by atoms with van der Waals surface area (Å²) in [6, 6.07) is 29.1. The van der Waals surface area contributed by atoms with Crippen molar-refractivity contribution in [2.45, 2.75) is 153 Å². The zero-order valence-electron chi connectivity index (χ0n) is 37.9. The number of hydrogen-bond acceptors (Lipinski definition) is 6. The second-order valence-electron chi connectivity index (χ2n) is 19.5. The molecule has 6 aliphatic rings. The zero-order valence-corrected chi connectivity index (χ0v) is 37.9. The van der Waals surface area contributed by atoms with Crippen LogP contribution in [0.3, 0.4) is 0 Å². The van der Waals surface area contributed by atoms with Gasteiger partial charge in [0, 0.05) is 24.1 Å². The van der Waals surface area contributed by atoms with Gasteiger partial charge in [-0.1, -0.05) is 130 Å². The third-order valence-corrected chi connectivity index (χ3v) is 16.8. The highest BCUT2D eigenvalue weighted by molar-refractivity contribution is 6.12. The van der Waals surface area contributed by atoms with Gasteiger partial charge >= 0.3 is 0 Å². The molecule has 8 nitrogen and oxygen atoms in total. The number of ketones is 1. The maximum atomic E-state index is 12.5.